The number of hydrogen-bond acceptors (Lipinski definition) is 5. The van der Waals surface area contributed by atoms with Gasteiger partial charge in [0.05, 0.1) is 11.0 Å². The highest BCUT2D eigenvalue weighted by molar-refractivity contribution is 5.70. The Kier molecular flexibility index (Phi) is 5.53. The highest BCUT2D eigenvalue weighted by Gasteiger charge is 2.37. The molecule has 2 saturated heterocycles. The molecule has 1 N–H and O–H groups in total. The summed E-state index contributed by atoms with van der Waals surface area (Å²) in [5, 5.41) is 15.4. The van der Waals surface area contributed by atoms with Crippen molar-refractivity contribution in [2.75, 3.05) is 30.4 Å². The third-order valence-corrected chi connectivity index (χ3v) is 6.95. The normalized spacial score (nSPS) is 20.5. The second kappa shape index (κ2) is 8.63. The summed E-state index contributed by atoms with van der Waals surface area (Å²) >= 11 is 0. The van der Waals surface area contributed by atoms with Gasteiger partial charge in [0.1, 0.15) is 5.69 Å². The molecule has 3 aromatic carbocycles. The first-order chi connectivity index (χ1) is 15.6. The molecule has 2 unspecified atom stereocenters. The van der Waals surface area contributed by atoms with E-state index in [0.29, 0.717) is 17.8 Å². The third-order valence-electron chi connectivity index (χ3n) is 6.95. The minimum absolute atomic E-state index is 0.0997. The zero-order chi connectivity index (χ0) is 22.1. The van der Waals surface area contributed by atoms with Crippen molar-refractivity contribution >= 4 is 17.1 Å². The maximum absolute atomic E-state index is 11.9. The number of hydrogen-bond donors (Lipinski definition) is 1. The highest BCUT2D eigenvalue weighted by Crippen LogP contribution is 2.37. The minimum atomic E-state index is -0.299. The van der Waals surface area contributed by atoms with Crippen LogP contribution >= 0.6 is 0 Å². The van der Waals surface area contributed by atoms with Crippen LogP contribution in [0.25, 0.3) is 0 Å². The van der Waals surface area contributed by atoms with Gasteiger partial charge in [0.15, 0.2) is 0 Å². The molecule has 0 radical (unpaired) electrons. The number of piperazine rings is 1. The quantitative estimate of drug-likeness (QED) is 0.438. The molecule has 2 heterocycles. The van der Waals surface area contributed by atoms with Gasteiger partial charge in [-0.25, -0.2) is 0 Å². The molecule has 6 nitrogen and oxygen atoms in total. The molecule has 2 fully saturated rings. The standard InChI is InChI=1S/C26H28N4O2/c1-28-22-12-13-23(28)18-29(17-22)21-14-15-25(30(31)32)24(16-21)27-26(19-8-4-2-5-9-19)20-10-6-3-7-11-20/h2-11,14-16,22-23,26-27H,12-13,17-18H2,1H3. The van der Waals surface area contributed by atoms with Crippen LogP contribution in [0.15, 0.2) is 78.9 Å². The SMILES string of the molecule is CN1C2CCC1CN(c1ccc([N+](=O)[O-])c(NC(c3ccccc3)c3ccccc3)c1)C2. The number of nitro groups is 1. The van der Waals surface area contributed by atoms with Crippen molar-refractivity contribution in [3.63, 3.8) is 0 Å². The van der Waals surface area contributed by atoms with Gasteiger partial charge in [0.25, 0.3) is 5.69 Å². The van der Waals surface area contributed by atoms with Crippen LogP contribution in [0, 0.1) is 10.1 Å². The molecule has 2 bridgehead atoms. The lowest BCUT2D eigenvalue weighted by Gasteiger charge is -2.40. The first-order valence-corrected chi connectivity index (χ1v) is 11.2. The molecular formula is C26H28N4O2. The summed E-state index contributed by atoms with van der Waals surface area (Å²) in [7, 11) is 2.22. The number of nitrogens with zero attached hydrogens (tertiary/aromatic N) is 3. The van der Waals surface area contributed by atoms with Crippen LogP contribution in [-0.2, 0) is 0 Å². The third kappa shape index (κ3) is 3.94. The van der Waals surface area contributed by atoms with Gasteiger partial charge in [-0.15, -0.1) is 0 Å². The predicted octanol–water partition coefficient (Wildman–Crippen LogP) is 5.08. The summed E-state index contributed by atoms with van der Waals surface area (Å²) < 4.78 is 0. The number of benzene rings is 3. The zero-order valence-electron chi connectivity index (χ0n) is 18.2. The van der Waals surface area contributed by atoms with E-state index in [-0.39, 0.29) is 16.7 Å². The van der Waals surface area contributed by atoms with E-state index in [1.54, 1.807) is 6.07 Å². The smallest absolute Gasteiger partial charge is 0.292 e. The molecule has 3 aromatic rings. The summed E-state index contributed by atoms with van der Waals surface area (Å²) in [6.45, 7) is 1.93. The lowest BCUT2D eigenvalue weighted by Crippen LogP contribution is -2.52. The van der Waals surface area contributed by atoms with E-state index in [0.717, 1.165) is 29.9 Å². The van der Waals surface area contributed by atoms with Gasteiger partial charge in [-0.3, -0.25) is 15.0 Å². The molecule has 2 aliphatic heterocycles. The van der Waals surface area contributed by atoms with Crippen molar-refractivity contribution < 1.29 is 4.92 Å². The Labute approximate surface area is 188 Å². The molecule has 0 aromatic heterocycles. The minimum Gasteiger partial charge on any atom is -0.369 e. The Hall–Kier alpha value is -3.38. The maximum Gasteiger partial charge on any atom is 0.292 e. The van der Waals surface area contributed by atoms with Gasteiger partial charge in [0.2, 0.25) is 0 Å². The summed E-state index contributed by atoms with van der Waals surface area (Å²) in [6, 6.07) is 26.6. The van der Waals surface area contributed by atoms with Gasteiger partial charge in [0, 0.05) is 36.9 Å². The Balaban J connectivity index is 1.51. The van der Waals surface area contributed by atoms with Crippen molar-refractivity contribution in [1.29, 1.82) is 0 Å². The number of likely N-dealkylation sites (N-methyl/N-ethyl adjacent to an activating group) is 1. The molecule has 0 aliphatic carbocycles. The fraction of sp³-hybridized carbons (Fsp3) is 0.308. The van der Waals surface area contributed by atoms with E-state index in [2.05, 4.69) is 46.4 Å². The first kappa shape index (κ1) is 20.5. The lowest BCUT2D eigenvalue weighted by atomic mass is 9.98. The molecule has 0 spiro atoms. The second-order valence-corrected chi connectivity index (χ2v) is 8.81. The summed E-state index contributed by atoms with van der Waals surface area (Å²) in [5.41, 5.74) is 3.83. The van der Waals surface area contributed by atoms with Gasteiger partial charge in [-0.2, -0.15) is 0 Å². The lowest BCUT2D eigenvalue weighted by molar-refractivity contribution is -0.384. The van der Waals surface area contributed by atoms with Crippen LogP contribution < -0.4 is 10.2 Å². The van der Waals surface area contributed by atoms with Crippen molar-refractivity contribution in [3.8, 4) is 0 Å². The molecule has 5 rings (SSSR count). The average molecular weight is 429 g/mol. The zero-order valence-corrected chi connectivity index (χ0v) is 18.2. The Bertz CT molecular complexity index is 1040. The van der Waals surface area contributed by atoms with Gasteiger partial charge in [-0.1, -0.05) is 60.7 Å². The maximum atomic E-state index is 11.9. The van der Waals surface area contributed by atoms with E-state index in [1.165, 1.54) is 12.8 Å². The van der Waals surface area contributed by atoms with Crippen molar-refractivity contribution in [3.05, 3.63) is 100 Å². The molecular weight excluding hydrogens is 400 g/mol. The number of nitro benzene ring substituents is 1. The van der Waals surface area contributed by atoms with Gasteiger partial charge >= 0.3 is 0 Å². The largest absolute Gasteiger partial charge is 0.369 e. The topological polar surface area (TPSA) is 61.7 Å². The van der Waals surface area contributed by atoms with Crippen molar-refractivity contribution in [2.24, 2.45) is 0 Å². The molecule has 2 atom stereocenters. The van der Waals surface area contributed by atoms with Crippen LogP contribution in [0.5, 0.6) is 0 Å². The number of rotatable bonds is 6. The molecule has 32 heavy (non-hydrogen) atoms. The van der Waals surface area contributed by atoms with Crippen molar-refractivity contribution in [1.82, 2.24) is 4.90 Å². The van der Waals surface area contributed by atoms with Crippen LogP contribution in [0.1, 0.15) is 30.0 Å². The van der Waals surface area contributed by atoms with Crippen LogP contribution in [0.2, 0.25) is 0 Å². The number of nitrogens with one attached hydrogen (secondary N) is 1. The summed E-state index contributed by atoms with van der Waals surface area (Å²) in [4.78, 5) is 16.4. The fourth-order valence-electron chi connectivity index (χ4n) is 5.13. The second-order valence-electron chi connectivity index (χ2n) is 8.81. The summed E-state index contributed by atoms with van der Waals surface area (Å²) in [6.07, 6.45) is 2.44. The van der Waals surface area contributed by atoms with E-state index in [1.807, 2.05) is 48.5 Å². The van der Waals surface area contributed by atoms with E-state index in [9.17, 15) is 10.1 Å². The fourth-order valence-corrected chi connectivity index (χ4v) is 5.13. The predicted molar refractivity (Wildman–Crippen MR) is 128 cm³/mol. The molecule has 0 saturated carbocycles. The Morgan fingerprint density at radius 1 is 0.906 bits per heavy atom. The highest BCUT2D eigenvalue weighted by atomic mass is 16.6. The van der Waals surface area contributed by atoms with E-state index >= 15 is 0 Å². The van der Waals surface area contributed by atoms with Crippen molar-refractivity contribution in [2.45, 2.75) is 31.0 Å². The molecule has 164 valence electrons. The molecule has 2 aliphatic rings. The van der Waals surface area contributed by atoms with E-state index < -0.39 is 0 Å². The Morgan fingerprint density at radius 2 is 1.47 bits per heavy atom. The van der Waals surface area contributed by atoms with Gasteiger partial charge in [-0.05, 0) is 43.1 Å². The summed E-state index contributed by atoms with van der Waals surface area (Å²) in [5.74, 6) is 0. The average Bonchev–Trinajstić information content (AvgIpc) is 3.03. The van der Waals surface area contributed by atoms with Crippen LogP contribution in [-0.4, -0.2) is 42.0 Å². The number of fused-ring (bicyclic) bond motifs is 2. The monoisotopic (exact) mass is 428 g/mol. The first-order valence-electron chi connectivity index (χ1n) is 11.2. The number of anilines is 2. The van der Waals surface area contributed by atoms with E-state index in [4.69, 9.17) is 0 Å². The van der Waals surface area contributed by atoms with Gasteiger partial charge < -0.3 is 10.2 Å². The molecule has 0 amide bonds. The molecule has 6 heteroatoms. The Morgan fingerprint density at radius 3 is 2.00 bits per heavy atom. The van der Waals surface area contributed by atoms with Crippen LogP contribution in [0.3, 0.4) is 0 Å². The van der Waals surface area contributed by atoms with Crippen LogP contribution in [0.4, 0.5) is 17.1 Å².